The summed E-state index contributed by atoms with van der Waals surface area (Å²) in [7, 11) is 1.16. The summed E-state index contributed by atoms with van der Waals surface area (Å²) in [4.78, 5) is 14.5. The number of benzene rings is 1. The van der Waals surface area contributed by atoms with Gasteiger partial charge in [-0.3, -0.25) is 4.79 Å². The lowest BCUT2D eigenvalue weighted by Crippen LogP contribution is -2.41. The summed E-state index contributed by atoms with van der Waals surface area (Å²) in [6.07, 6.45) is 0.321. The number of nitrogens with zero attached hydrogens (tertiary/aromatic N) is 3. The number of carbonyl (C=O) groups excluding carboxylic acids is 1. The van der Waals surface area contributed by atoms with E-state index in [9.17, 15) is 22.4 Å². The fourth-order valence-electron chi connectivity index (χ4n) is 3.67. The van der Waals surface area contributed by atoms with Gasteiger partial charge >= 0.3 is 0 Å². The predicted molar refractivity (Wildman–Crippen MR) is 112 cm³/mol. The van der Waals surface area contributed by atoms with Crippen LogP contribution >= 0.6 is 0 Å². The zero-order valence-corrected chi connectivity index (χ0v) is 17.8. The van der Waals surface area contributed by atoms with Crippen molar-refractivity contribution in [1.82, 2.24) is 14.7 Å². The second kappa shape index (κ2) is 8.45. The van der Waals surface area contributed by atoms with Crippen molar-refractivity contribution < 1.29 is 22.4 Å². The van der Waals surface area contributed by atoms with Gasteiger partial charge in [0.05, 0.1) is 6.04 Å². The first-order valence-electron chi connectivity index (χ1n) is 10.5. The second-order valence-corrected chi connectivity index (χ2v) is 8.36. The molecule has 2 aromatic rings. The van der Waals surface area contributed by atoms with Crippen LogP contribution in [0.25, 0.3) is 5.57 Å². The predicted octanol–water partition coefficient (Wildman–Crippen LogP) is 5.10. The molecule has 2 fully saturated rings. The van der Waals surface area contributed by atoms with Crippen LogP contribution in [-0.4, -0.2) is 32.7 Å². The number of halogens is 4. The number of alkyl halides is 2. The number of aromatic nitrogens is 2. The maximum Gasteiger partial charge on any atom is 0.283 e. The molecule has 0 bridgehead atoms. The molecule has 2 aliphatic rings. The molecule has 2 saturated carbocycles. The molecule has 1 unspecified atom stereocenters. The lowest BCUT2D eigenvalue weighted by molar-refractivity contribution is 0.0698. The molecular weight excluding hydrogens is 422 g/mol. The van der Waals surface area contributed by atoms with E-state index in [-0.39, 0.29) is 11.6 Å². The molecule has 2 aliphatic carbocycles. The summed E-state index contributed by atoms with van der Waals surface area (Å²) in [6.45, 7) is 5.59. The van der Waals surface area contributed by atoms with Crippen LogP contribution in [-0.2, 0) is 7.05 Å². The van der Waals surface area contributed by atoms with Gasteiger partial charge in [0.2, 0.25) is 5.95 Å². The van der Waals surface area contributed by atoms with Crippen molar-refractivity contribution in [2.45, 2.75) is 51.1 Å². The largest absolute Gasteiger partial charge is 0.329 e. The second-order valence-electron chi connectivity index (χ2n) is 8.36. The van der Waals surface area contributed by atoms with Gasteiger partial charge in [-0.05, 0) is 50.3 Å². The smallest absolute Gasteiger partial charge is 0.283 e. The molecule has 1 aromatic carbocycles. The SMILES string of the molecule is C=C(c1ccc(C#CC2CC2)cc1F)C(C)N(C(=O)c1c(C(F)F)nn(C)c1F)C1CC1. The van der Waals surface area contributed by atoms with Gasteiger partial charge in [-0.15, -0.1) is 0 Å². The first kappa shape index (κ1) is 22.1. The summed E-state index contributed by atoms with van der Waals surface area (Å²) >= 11 is 0. The van der Waals surface area contributed by atoms with Gasteiger partial charge < -0.3 is 4.90 Å². The van der Waals surface area contributed by atoms with Crippen LogP contribution in [0.2, 0.25) is 0 Å². The lowest BCUT2D eigenvalue weighted by atomic mass is 9.97. The standard InChI is InChI=1S/C24H23F4N3O/c1-13(18-11-8-16(12-19(18)25)7-6-15-4-5-15)14(2)31(17-9-10-17)24(32)20-21(22(26)27)29-30(3)23(20)28/h8,11-12,14-15,17,22H,1,4-5,9-10H2,2-3H3. The Bertz CT molecular complexity index is 1140. The number of amides is 1. The Morgan fingerprint density at radius 3 is 2.50 bits per heavy atom. The Balaban J connectivity index is 1.62. The fraction of sp³-hybridized carbons (Fsp3) is 0.417. The van der Waals surface area contributed by atoms with Crippen LogP contribution in [0.15, 0.2) is 24.8 Å². The quantitative estimate of drug-likeness (QED) is 0.458. The zero-order chi connectivity index (χ0) is 23.2. The minimum absolute atomic E-state index is 0.202. The Labute approximate surface area is 183 Å². The van der Waals surface area contributed by atoms with E-state index in [1.165, 1.54) is 11.0 Å². The van der Waals surface area contributed by atoms with E-state index in [0.717, 1.165) is 19.9 Å². The van der Waals surface area contributed by atoms with Crippen LogP contribution < -0.4 is 0 Å². The molecule has 0 N–H and O–H groups in total. The van der Waals surface area contributed by atoms with E-state index in [1.807, 2.05) is 0 Å². The van der Waals surface area contributed by atoms with Gasteiger partial charge in [-0.2, -0.15) is 9.49 Å². The van der Waals surface area contributed by atoms with Crippen molar-refractivity contribution in [3.05, 3.63) is 58.9 Å². The first-order valence-corrected chi connectivity index (χ1v) is 10.5. The van der Waals surface area contributed by atoms with Crippen molar-refractivity contribution in [2.24, 2.45) is 13.0 Å². The Morgan fingerprint density at radius 1 is 1.25 bits per heavy atom. The molecule has 4 nitrogen and oxygen atoms in total. The number of aryl methyl sites for hydroxylation is 1. The first-order chi connectivity index (χ1) is 15.2. The van der Waals surface area contributed by atoms with Gasteiger partial charge in [0.1, 0.15) is 17.1 Å². The van der Waals surface area contributed by atoms with Crippen LogP contribution in [0, 0.1) is 29.5 Å². The molecule has 0 radical (unpaired) electrons. The molecule has 1 aromatic heterocycles. The lowest BCUT2D eigenvalue weighted by Gasteiger charge is -2.31. The van der Waals surface area contributed by atoms with Gasteiger partial charge in [0.25, 0.3) is 12.3 Å². The summed E-state index contributed by atoms with van der Waals surface area (Å²) in [6, 6.07) is 3.56. The van der Waals surface area contributed by atoms with E-state index < -0.39 is 41.4 Å². The average Bonchev–Trinajstić information content (AvgIpc) is 3.66. The van der Waals surface area contributed by atoms with Crippen LogP contribution in [0.3, 0.4) is 0 Å². The molecule has 32 heavy (non-hydrogen) atoms. The minimum Gasteiger partial charge on any atom is -0.329 e. The fourth-order valence-corrected chi connectivity index (χ4v) is 3.67. The molecule has 0 spiro atoms. The van der Waals surface area contributed by atoms with E-state index in [1.54, 1.807) is 19.1 Å². The van der Waals surface area contributed by atoms with Crippen molar-refractivity contribution in [3.8, 4) is 11.8 Å². The van der Waals surface area contributed by atoms with E-state index in [0.29, 0.717) is 34.6 Å². The third-order valence-corrected chi connectivity index (χ3v) is 5.83. The number of carbonyl (C=O) groups is 1. The van der Waals surface area contributed by atoms with E-state index in [2.05, 4.69) is 23.5 Å². The Hall–Kier alpha value is -3.08. The third-order valence-electron chi connectivity index (χ3n) is 5.83. The van der Waals surface area contributed by atoms with Crippen molar-refractivity contribution >= 4 is 11.5 Å². The van der Waals surface area contributed by atoms with Crippen LogP contribution in [0.4, 0.5) is 17.6 Å². The normalized spacial score (nSPS) is 16.5. The van der Waals surface area contributed by atoms with Crippen molar-refractivity contribution in [3.63, 3.8) is 0 Å². The Kier molecular flexibility index (Phi) is 5.85. The van der Waals surface area contributed by atoms with Gasteiger partial charge in [0.15, 0.2) is 0 Å². The third kappa shape index (κ3) is 4.29. The van der Waals surface area contributed by atoms with Gasteiger partial charge in [-0.25, -0.2) is 17.9 Å². The molecule has 0 saturated heterocycles. The minimum atomic E-state index is -3.11. The zero-order valence-electron chi connectivity index (χ0n) is 17.8. The highest BCUT2D eigenvalue weighted by Gasteiger charge is 2.41. The summed E-state index contributed by atoms with van der Waals surface area (Å²) in [5.74, 6) is 3.86. The molecule has 0 aliphatic heterocycles. The summed E-state index contributed by atoms with van der Waals surface area (Å²) in [5, 5.41) is 3.46. The van der Waals surface area contributed by atoms with Gasteiger partial charge in [-0.1, -0.05) is 24.5 Å². The topological polar surface area (TPSA) is 38.1 Å². The molecular formula is C24H23F4N3O. The highest BCUT2D eigenvalue weighted by atomic mass is 19.3. The monoisotopic (exact) mass is 445 g/mol. The number of rotatable bonds is 6. The molecule has 4 rings (SSSR count). The maximum absolute atomic E-state index is 14.8. The number of hydrogen-bond acceptors (Lipinski definition) is 2. The van der Waals surface area contributed by atoms with Crippen LogP contribution in [0.5, 0.6) is 0 Å². The molecule has 1 atom stereocenters. The van der Waals surface area contributed by atoms with Gasteiger partial charge in [0, 0.05) is 30.1 Å². The van der Waals surface area contributed by atoms with E-state index in [4.69, 9.17) is 0 Å². The average molecular weight is 445 g/mol. The van der Waals surface area contributed by atoms with Crippen molar-refractivity contribution in [1.29, 1.82) is 0 Å². The highest BCUT2D eigenvalue weighted by molar-refractivity contribution is 5.97. The maximum atomic E-state index is 14.8. The Morgan fingerprint density at radius 2 is 1.94 bits per heavy atom. The molecule has 8 heteroatoms. The molecule has 168 valence electrons. The van der Waals surface area contributed by atoms with Crippen molar-refractivity contribution in [2.75, 3.05) is 0 Å². The van der Waals surface area contributed by atoms with Crippen LogP contribution in [0.1, 0.15) is 66.2 Å². The molecule has 1 heterocycles. The number of hydrogen-bond donors (Lipinski definition) is 0. The summed E-state index contributed by atoms with van der Waals surface area (Å²) in [5.41, 5.74) is -0.600. The summed E-state index contributed by atoms with van der Waals surface area (Å²) < 4.78 is 56.8. The highest BCUT2D eigenvalue weighted by Crippen LogP contribution is 2.36. The van der Waals surface area contributed by atoms with E-state index >= 15 is 0 Å². The molecule has 1 amide bonds.